The number of hydrogen-bond donors (Lipinski definition) is 0. The molecule has 2 nitrogen and oxygen atoms in total. The van der Waals surface area contributed by atoms with Crippen LogP contribution in [-0.4, -0.2) is 9.13 Å². The van der Waals surface area contributed by atoms with E-state index in [0.29, 0.717) is 0 Å². The summed E-state index contributed by atoms with van der Waals surface area (Å²) in [7, 11) is 0. The maximum absolute atomic E-state index is 2.47. The Labute approximate surface area is 365 Å². The molecule has 0 amide bonds. The molecule has 294 valence electrons. The molecule has 0 saturated heterocycles. The van der Waals surface area contributed by atoms with Gasteiger partial charge in [-0.25, -0.2) is 0 Å². The molecule has 0 N–H and O–H groups in total. The second-order valence-corrected chi connectivity index (χ2v) is 17.0. The first-order chi connectivity index (χ1) is 31.1. The van der Waals surface area contributed by atoms with Crippen molar-refractivity contribution in [1.82, 2.24) is 9.13 Å². The number of fused-ring (bicyclic) bond motifs is 12. The van der Waals surface area contributed by atoms with Crippen molar-refractivity contribution in [3.8, 4) is 44.8 Å². The molecule has 63 heavy (non-hydrogen) atoms. The minimum absolute atomic E-state index is 1.14. The van der Waals surface area contributed by atoms with Crippen molar-refractivity contribution >= 4 is 75.9 Å². The van der Waals surface area contributed by atoms with Gasteiger partial charge in [0.1, 0.15) is 0 Å². The molecule has 2 heteroatoms. The third-order valence-corrected chi connectivity index (χ3v) is 13.4. The van der Waals surface area contributed by atoms with E-state index in [2.05, 4.69) is 241 Å². The van der Waals surface area contributed by atoms with Crippen LogP contribution in [0.4, 0.5) is 0 Å². The predicted molar refractivity (Wildman–Crippen MR) is 269 cm³/mol. The zero-order valence-corrected chi connectivity index (χ0v) is 34.8. The van der Waals surface area contributed by atoms with Gasteiger partial charge in [0, 0.05) is 32.9 Å². The smallest absolute Gasteiger partial charge is 0.0542 e. The standard InChI is InChI=1S/C61H40N2/c1-39-20-22-42(23-21-39)45-26-32-60-56(36-45)57-38-47(28-33-61(57)62(60)46-27-29-52-50-18-9-8-16-48(50)49-17-10-11-19-51(49)53(52)37-46)63-58-30-24-43(40-12-4-2-5-13-40)34-54(58)55-35-44(25-31-59(55)63)41-14-6-3-7-15-41/h2-38H,1H3. The highest BCUT2D eigenvalue weighted by atomic mass is 15.0. The highest BCUT2D eigenvalue weighted by Crippen LogP contribution is 2.42. The SMILES string of the molecule is Cc1ccc(-c2ccc3c(c2)c2cc(-n4c5ccc(-c6ccccc6)cc5c5cc(-c6ccccc6)ccc54)ccc2n3-c2ccc3c4ccccc4c4ccccc4c3c2)cc1. The third kappa shape index (κ3) is 5.58. The average Bonchev–Trinajstić information content (AvgIpc) is 3.86. The second kappa shape index (κ2) is 13.9. The van der Waals surface area contributed by atoms with Crippen LogP contribution in [-0.2, 0) is 0 Å². The Morgan fingerprint density at radius 2 is 0.540 bits per heavy atom. The van der Waals surface area contributed by atoms with Gasteiger partial charge in [0.2, 0.25) is 0 Å². The van der Waals surface area contributed by atoms with Gasteiger partial charge in [0.05, 0.1) is 22.1 Å². The summed E-state index contributed by atoms with van der Waals surface area (Å²) < 4.78 is 4.94. The highest BCUT2D eigenvalue weighted by molar-refractivity contribution is 6.26. The van der Waals surface area contributed by atoms with E-state index in [1.165, 1.54) is 115 Å². The van der Waals surface area contributed by atoms with Gasteiger partial charge in [-0.15, -0.1) is 0 Å². The number of aromatic nitrogens is 2. The van der Waals surface area contributed by atoms with E-state index in [-0.39, 0.29) is 0 Å². The first-order valence-electron chi connectivity index (χ1n) is 21.8. The largest absolute Gasteiger partial charge is 0.309 e. The maximum Gasteiger partial charge on any atom is 0.0542 e. The van der Waals surface area contributed by atoms with Crippen molar-refractivity contribution in [3.05, 3.63) is 230 Å². The number of aryl methyl sites for hydroxylation is 1. The van der Waals surface area contributed by atoms with E-state index >= 15 is 0 Å². The van der Waals surface area contributed by atoms with Crippen molar-refractivity contribution in [2.24, 2.45) is 0 Å². The lowest BCUT2D eigenvalue weighted by molar-refractivity contribution is 1.17. The third-order valence-electron chi connectivity index (χ3n) is 13.4. The van der Waals surface area contributed by atoms with Crippen molar-refractivity contribution in [3.63, 3.8) is 0 Å². The molecule has 11 aromatic carbocycles. The molecule has 13 aromatic rings. The summed E-state index contributed by atoms with van der Waals surface area (Å²) in [6, 6.07) is 83.1. The van der Waals surface area contributed by atoms with Crippen LogP contribution in [0, 0.1) is 6.92 Å². The van der Waals surface area contributed by atoms with Crippen LogP contribution in [0.3, 0.4) is 0 Å². The second-order valence-electron chi connectivity index (χ2n) is 17.0. The van der Waals surface area contributed by atoms with Gasteiger partial charge >= 0.3 is 0 Å². The van der Waals surface area contributed by atoms with Crippen LogP contribution in [0.15, 0.2) is 224 Å². The van der Waals surface area contributed by atoms with Gasteiger partial charge in [-0.2, -0.15) is 0 Å². The normalized spacial score (nSPS) is 11.9. The van der Waals surface area contributed by atoms with E-state index in [1.807, 2.05) is 0 Å². The lowest BCUT2D eigenvalue weighted by Gasteiger charge is -2.14. The molecule has 0 radical (unpaired) electrons. The van der Waals surface area contributed by atoms with Crippen molar-refractivity contribution < 1.29 is 0 Å². The minimum atomic E-state index is 1.14. The summed E-state index contributed by atoms with van der Waals surface area (Å²) >= 11 is 0. The fourth-order valence-corrected chi connectivity index (χ4v) is 10.3. The molecule has 2 heterocycles. The number of nitrogens with zero attached hydrogens (tertiary/aromatic N) is 2. The zero-order valence-electron chi connectivity index (χ0n) is 34.8. The molecule has 0 aliphatic heterocycles. The predicted octanol–water partition coefficient (Wildman–Crippen LogP) is 16.6. The molecular weight excluding hydrogens is 761 g/mol. The maximum atomic E-state index is 2.47. The lowest BCUT2D eigenvalue weighted by atomic mass is 9.94. The minimum Gasteiger partial charge on any atom is -0.309 e. The van der Waals surface area contributed by atoms with E-state index < -0.39 is 0 Å². The molecular formula is C61H40N2. The Morgan fingerprint density at radius 3 is 1.00 bits per heavy atom. The molecule has 2 aromatic heterocycles. The zero-order chi connectivity index (χ0) is 41.6. The van der Waals surface area contributed by atoms with Crippen molar-refractivity contribution in [2.45, 2.75) is 6.92 Å². The summed E-state index contributed by atoms with van der Waals surface area (Å²) in [4.78, 5) is 0. The first-order valence-corrected chi connectivity index (χ1v) is 21.8. The molecule has 0 atom stereocenters. The Morgan fingerprint density at radius 1 is 0.222 bits per heavy atom. The molecule has 13 rings (SSSR count). The summed E-state index contributed by atoms with van der Waals surface area (Å²) in [6.45, 7) is 2.15. The van der Waals surface area contributed by atoms with Crippen molar-refractivity contribution in [2.75, 3.05) is 0 Å². The van der Waals surface area contributed by atoms with Gasteiger partial charge in [-0.3, -0.25) is 0 Å². The van der Waals surface area contributed by atoms with Crippen LogP contribution in [0.5, 0.6) is 0 Å². The number of hydrogen-bond acceptors (Lipinski definition) is 0. The Bertz CT molecular complexity index is 3810. The molecule has 0 aliphatic rings. The molecule has 0 saturated carbocycles. The number of benzene rings is 11. The summed E-state index contributed by atoms with van der Waals surface area (Å²) in [5.74, 6) is 0. The van der Waals surface area contributed by atoms with Crippen molar-refractivity contribution in [1.29, 1.82) is 0 Å². The van der Waals surface area contributed by atoms with E-state index in [1.54, 1.807) is 0 Å². The fourth-order valence-electron chi connectivity index (χ4n) is 10.3. The van der Waals surface area contributed by atoms with E-state index in [4.69, 9.17) is 0 Å². The number of rotatable bonds is 5. The van der Waals surface area contributed by atoms with Crippen LogP contribution in [0.25, 0.3) is 121 Å². The van der Waals surface area contributed by atoms with Gasteiger partial charge in [-0.05, 0) is 139 Å². The lowest BCUT2D eigenvalue weighted by Crippen LogP contribution is -1.96. The van der Waals surface area contributed by atoms with Crippen LogP contribution >= 0.6 is 0 Å². The van der Waals surface area contributed by atoms with Crippen LogP contribution in [0.1, 0.15) is 5.56 Å². The van der Waals surface area contributed by atoms with E-state index in [0.717, 1.165) is 11.4 Å². The summed E-state index contributed by atoms with van der Waals surface area (Å²) in [5.41, 5.74) is 15.6. The molecule has 0 spiro atoms. The first kappa shape index (κ1) is 35.5. The van der Waals surface area contributed by atoms with Crippen LogP contribution in [0.2, 0.25) is 0 Å². The van der Waals surface area contributed by atoms with Crippen LogP contribution < -0.4 is 0 Å². The highest BCUT2D eigenvalue weighted by Gasteiger charge is 2.19. The Kier molecular flexibility index (Phi) is 7.85. The molecule has 0 aliphatic carbocycles. The van der Waals surface area contributed by atoms with Gasteiger partial charge in [-0.1, -0.05) is 163 Å². The average molecular weight is 801 g/mol. The Hall–Kier alpha value is -8.20. The molecule has 0 unspecified atom stereocenters. The summed E-state index contributed by atoms with van der Waals surface area (Å²) in [5, 5.41) is 12.6. The topological polar surface area (TPSA) is 9.86 Å². The van der Waals surface area contributed by atoms with Gasteiger partial charge < -0.3 is 9.13 Å². The summed E-state index contributed by atoms with van der Waals surface area (Å²) in [6.07, 6.45) is 0. The fraction of sp³-hybridized carbons (Fsp3) is 0.0164. The van der Waals surface area contributed by atoms with Gasteiger partial charge in [0.25, 0.3) is 0 Å². The molecule has 0 fully saturated rings. The molecule has 0 bridgehead atoms. The van der Waals surface area contributed by atoms with E-state index in [9.17, 15) is 0 Å². The Balaban J connectivity index is 1.08. The van der Waals surface area contributed by atoms with Gasteiger partial charge in [0.15, 0.2) is 0 Å². The monoisotopic (exact) mass is 800 g/mol. The quantitative estimate of drug-likeness (QED) is 0.153.